The largest absolute Gasteiger partial charge is 0.325 e. The lowest BCUT2D eigenvalue weighted by molar-refractivity contribution is -0.113. The number of nitrogens with zero attached hydrogens (tertiary/aromatic N) is 3. The van der Waals surface area contributed by atoms with E-state index >= 15 is 0 Å². The molecule has 4 aromatic rings. The summed E-state index contributed by atoms with van der Waals surface area (Å²) in [6.45, 7) is 0. The number of anilines is 1. The molecule has 1 aromatic heterocycles. The summed E-state index contributed by atoms with van der Waals surface area (Å²) >= 11 is 13.4. The van der Waals surface area contributed by atoms with E-state index in [1.54, 1.807) is 24.3 Å². The Morgan fingerprint density at radius 1 is 0.900 bits per heavy atom. The van der Waals surface area contributed by atoms with Crippen LogP contribution in [-0.2, 0) is 4.79 Å². The van der Waals surface area contributed by atoms with Crippen molar-refractivity contribution in [1.29, 1.82) is 0 Å². The third-order valence-electron chi connectivity index (χ3n) is 4.19. The number of nitrogens with one attached hydrogen (secondary N) is 1. The van der Waals surface area contributed by atoms with Crippen molar-refractivity contribution in [3.63, 3.8) is 0 Å². The Labute approximate surface area is 188 Å². The van der Waals surface area contributed by atoms with Crippen molar-refractivity contribution in [3.05, 3.63) is 88.9 Å². The van der Waals surface area contributed by atoms with Crippen LogP contribution in [0.5, 0.6) is 0 Å². The van der Waals surface area contributed by atoms with E-state index in [0.29, 0.717) is 26.7 Å². The normalized spacial score (nSPS) is 10.7. The van der Waals surface area contributed by atoms with Crippen molar-refractivity contribution in [1.82, 2.24) is 14.8 Å². The number of aromatic nitrogens is 3. The van der Waals surface area contributed by atoms with Crippen molar-refractivity contribution in [3.8, 4) is 17.1 Å². The van der Waals surface area contributed by atoms with Gasteiger partial charge in [0.15, 0.2) is 11.0 Å². The molecule has 5 nitrogen and oxygen atoms in total. The second-order valence-corrected chi connectivity index (χ2v) is 8.15. The summed E-state index contributed by atoms with van der Waals surface area (Å²) in [4.78, 5) is 12.4. The maximum atomic E-state index is 12.4. The van der Waals surface area contributed by atoms with Gasteiger partial charge in [-0.15, -0.1) is 10.2 Å². The van der Waals surface area contributed by atoms with Crippen LogP contribution in [-0.4, -0.2) is 26.4 Å². The van der Waals surface area contributed by atoms with Crippen molar-refractivity contribution < 1.29 is 4.79 Å². The predicted octanol–water partition coefficient (Wildman–Crippen LogP) is 5.97. The molecule has 4 rings (SSSR count). The molecule has 0 aliphatic carbocycles. The average Bonchev–Trinajstić information content (AvgIpc) is 3.19. The molecule has 3 aromatic carbocycles. The molecular weight excluding hydrogens is 439 g/mol. The predicted molar refractivity (Wildman–Crippen MR) is 123 cm³/mol. The lowest BCUT2D eigenvalue weighted by Gasteiger charge is -2.10. The highest BCUT2D eigenvalue weighted by atomic mass is 35.5. The molecule has 30 heavy (non-hydrogen) atoms. The number of halogens is 2. The molecule has 0 unspecified atom stereocenters. The summed E-state index contributed by atoms with van der Waals surface area (Å²) < 4.78 is 1.92. The van der Waals surface area contributed by atoms with Crippen molar-refractivity contribution in [2.75, 3.05) is 11.1 Å². The molecule has 0 spiro atoms. The molecular formula is C22H16Cl2N4OS. The van der Waals surface area contributed by atoms with E-state index in [-0.39, 0.29) is 11.7 Å². The smallest absolute Gasteiger partial charge is 0.234 e. The van der Waals surface area contributed by atoms with Crippen LogP contribution >= 0.6 is 35.0 Å². The van der Waals surface area contributed by atoms with E-state index in [0.717, 1.165) is 11.3 Å². The quantitative estimate of drug-likeness (QED) is 0.364. The molecule has 0 saturated carbocycles. The van der Waals surface area contributed by atoms with Crippen molar-refractivity contribution >= 4 is 46.6 Å². The van der Waals surface area contributed by atoms with Crippen LogP contribution in [0.15, 0.2) is 84.0 Å². The van der Waals surface area contributed by atoms with Gasteiger partial charge in [-0.05, 0) is 48.5 Å². The zero-order valence-corrected chi connectivity index (χ0v) is 18.0. The molecule has 1 N–H and O–H groups in total. The van der Waals surface area contributed by atoms with E-state index in [1.807, 2.05) is 59.2 Å². The zero-order chi connectivity index (χ0) is 20.9. The molecule has 1 heterocycles. The minimum Gasteiger partial charge on any atom is -0.325 e. The molecule has 0 fully saturated rings. The number of hydrogen-bond donors (Lipinski definition) is 1. The highest BCUT2D eigenvalue weighted by molar-refractivity contribution is 7.99. The first kappa shape index (κ1) is 20.5. The van der Waals surface area contributed by atoms with Crippen molar-refractivity contribution in [2.45, 2.75) is 5.16 Å². The second-order valence-electron chi connectivity index (χ2n) is 6.33. The van der Waals surface area contributed by atoms with Crippen LogP contribution in [0, 0.1) is 0 Å². The van der Waals surface area contributed by atoms with Gasteiger partial charge in [0, 0.05) is 27.0 Å². The minimum absolute atomic E-state index is 0.144. The average molecular weight is 455 g/mol. The zero-order valence-electron chi connectivity index (χ0n) is 15.6. The standard InChI is InChI=1S/C22H16Cl2N4OS/c23-16-9-11-18(12-10-16)25-20(29)14-30-22-27-26-21(15-5-4-6-17(24)13-15)28(22)19-7-2-1-3-8-19/h1-13H,14H2,(H,25,29). The Morgan fingerprint density at radius 2 is 1.67 bits per heavy atom. The SMILES string of the molecule is O=C(CSc1nnc(-c2cccc(Cl)c2)n1-c1ccccc1)Nc1ccc(Cl)cc1. The van der Waals surface area contributed by atoms with E-state index in [9.17, 15) is 4.79 Å². The van der Waals surface area contributed by atoms with Crippen LogP contribution in [0.4, 0.5) is 5.69 Å². The Bertz CT molecular complexity index is 1160. The molecule has 150 valence electrons. The number of benzene rings is 3. The van der Waals surface area contributed by atoms with E-state index in [2.05, 4.69) is 15.5 Å². The van der Waals surface area contributed by atoms with Gasteiger partial charge in [-0.1, -0.05) is 65.3 Å². The topological polar surface area (TPSA) is 59.8 Å². The van der Waals surface area contributed by atoms with Crippen molar-refractivity contribution in [2.24, 2.45) is 0 Å². The third kappa shape index (κ3) is 4.84. The van der Waals surface area contributed by atoms with E-state index in [1.165, 1.54) is 11.8 Å². The number of carbonyl (C=O) groups excluding carboxylic acids is 1. The van der Waals surface area contributed by atoms with Gasteiger partial charge in [0.05, 0.1) is 5.75 Å². The summed E-state index contributed by atoms with van der Waals surface area (Å²) in [6, 6.07) is 24.2. The van der Waals surface area contributed by atoms with Crippen LogP contribution in [0.3, 0.4) is 0 Å². The lowest BCUT2D eigenvalue weighted by atomic mass is 10.2. The van der Waals surface area contributed by atoms with Gasteiger partial charge in [-0.3, -0.25) is 9.36 Å². The number of carbonyl (C=O) groups is 1. The number of hydrogen-bond acceptors (Lipinski definition) is 4. The first-order valence-corrected chi connectivity index (χ1v) is 10.8. The molecule has 0 bridgehead atoms. The van der Waals surface area contributed by atoms with Gasteiger partial charge in [-0.25, -0.2) is 0 Å². The monoisotopic (exact) mass is 454 g/mol. The summed E-state index contributed by atoms with van der Waals surface area (Å²) in [5, 5.41) is 13.4. The van der Waals surface area contributed by atoms with Crippen LogP contribution in [0.25, 0.3) is 17.1 Å². The highest BCUT2D eigenvalue weighted by Gasteiger charge is 2.17. The maximum Gasteiger partial charge on any atom is 0.234 e. The van der Waals surface area contributed by atoms with Gasteiger partial charge < -0.3 is 5.32 Å². The minimum atomic E-state index is -0.144. The number of para-hydroxylation sites is 1. The summed E-state index contributed by atoms with van der Waals surface area (Å²) in [5.74, 6) is 0.696. The fourth-order valence-electron chi connectivity index (χ4n) is 2.85. The summed E-state index contributed by atoms with van der Waals surface area (Å²) in [6.07, 6.45) is 0. The third-order valence-corrected chi connectivity index (χ3v) is 5.61. The fourth-order valence-corrected chi connectivity index (χ4v) is 3.92. The first-order chi connectivity index (χ1) is 14.6. The van der Waals surface area contributed by atoms with Crippen LogP contribution in [0.2, 0.25) is 10.0 Å². The summed E-state index contributed by atoms with van der Waals surface area (Å²) in [5.41, 5.74) is 2.43. The molecule has 0 aliphatic heterocycles. The fraction of sp³-hybridized carbons (Fsp3) is 0.0455. The highest BCUT2D eigenvalue weighted by Crippen LogP contribution is 2.29. The van der Waals surface area contributed by atoms with Gasteiger partial charge in [0.25, 0.3) is 0 Å². The Kier molecular flexibility index (Phi) is 6.38. The van der Waals surface area contributed by atoms with Gasteiger partial charge in [0.2, 0.25) is 5.91 Å². The Morgan fingerprint density at radius 3 is 2.40 bits per heavy atom. The second kappa shape index (κ2) is 9.34. The van der Waals surface area contributed by atoms with Crippen LogP contribution in [0.1, 0.15) is 0 Å². The lowest BCUT2D eigenvalue weighted by Crippen LogP contribution is -2.14. The van der Waals surface area contributed by atoms with Gasteiger partial charge >= 0.3 is 0 Å². The number of thioether (sulfide) groups is 1. The maximum absolute atomic E-state index is 12.4. The molecule has 0 radical (unpaired) electrons. The Balaban J connectivity index is 1.58. The first-order valence-electron chi connectivity index (χ1n) is 9.05. The molecule has 0 saturated heterocycles. The molecule has 0 aliphatic rings. The van der Waals surface area contributed by atoms with Crippen LogP contribution < -0.4 is 5.32 Å². The number of rotatable bonds is 6. The van der Waals surface area contributed by atoms with E-state index in [4.69, 9.17) is 23.2 Å². The Hall–Kier alpha value is -2.80. The number of amides is 1. The molecule has 8 heteroatoms. The summed E-state index contributed by atoms with van der Waals surface area (Å²) in [7, 11) is 0. The molecule has 0 atom stereocenters. The van der Waals surface area contributed by atoms with Gasteiger partial charge in [-0.2, -0.15) is 0 Å². The van der Waals surface area contributed by atoms with Gasteiger partial charge in [0.1, 0.15) is 0 Å². The van der Waals surface area contributed by atoms with E-state index < -0.39 is 0 Å². The molecule has 1 amide bonds.